The largest absolute Gasteiger partial charge is 0.465 e. The van der Waals surface area contributed by atoms with Crippen LogP contribution in [-0.2, 0) is 29.7 Å². The van der Waals surface area contributed by atoms with Gasteiger partial charge in [-0.05, 0) is 20.8 Å². The highest BCUT2D eigenvalue weighted by Gasteiger charge is 2.25. The van der Waals surface area contributed by atoms with E-state index >= 15 is 0 Å². The molecule has 0 fully saturated rings. The number of halogens is 1. The zero-order valence-corrected chi connectivity index (χ0v) is 18.6. The lowest BCUT2D eigenvalue weighted by atomic mass is 10.4. The van der Waals surface area contributed by atoms with Crippen LogP contribution in [-0.4, -0.2) is 76.0 Å². The molecule has 162 valence electrons. The third-order valence-corrected chi connectivity index (χ3v) is 6.34. The van der Waals surface area contributed by atoms with E-state index in [1.165, 1.54) is 6.33 Å². The first-order valence-corrected chi connectivity index (χ1v) is 11.6. The summed E-state index contributed by atoms with van der Waals surface area (Å²) >= 11 is 6.04. The van der Waals surface area contributed by atoms with Crippen molar-refractivity contribution < 1.29 is 23.1 Å². The average Bonchev–Trinajstić information content (AvgIpc) is 3.09. The van der Waals surface area contributed by atoms with E-state index in [1.54, 1.807) is 27.1 Å². The second-order valence-corrected chi connectivity index (χ2v) is 8.57. The van der Waals surface area contributed by atoms with Crippen molar-refractivity contribution in [3.63, 3.8) is 0 Å². The Morgan fingerprint density at radius 1 is 1.14 bits per heavy atom. The molecule has 0 amide bonds. The molecule has 0 saturated carbocycles. The number of carbonyl (C=O) groups is 1. The highest BCUT2D eigenvalue weighted by Crippen LogP contribution is 2.47. The minimum atomic E-state index is -3.21. The smallest absolute Gasteiger partial charge is 0.331 e. The monoisotopic (exact) mass is 447 g/mol. The fourth-order valence-electron chi connectivity index (χ4n) is 2.75. The van der Waals surface area contributed by atoms with E-state index in [4.69, 9.17) is 25.4 Å². The van der Waals surface area contributed by atoms with Crippen LogP contribution >= 0.6 is 19.2 Å². The number of esters is 1. The minimum absolute atomic E-state index is 0.0639. The number of rotatable bonds is 13. The lowest BCUT2D eigenvalue weighted by Crippen LogP contribution is -2.36. The lowest BCUT2D eigenvalue weighted by Gasteiger charge is -2.24. The van der Waals surface area contributed by atoms with Gasteiger partial charge in [-0.15, -0.1) is 0 Å². The molecular weight excluding hydrogens is 421 g/mol. The third kappa shape index (κ3) is 7.01. The normalized spacial score (nSPS) is 12.0. The van der Waals surface area contributed by atoms with Gasteiger partial charge in [0, 0.05) is 19.6 Å². The molecule has 2 rings (SSSR count). The van der Waals surface area contributed by atoms with Crippen molar-refractivity contribution in [2.75, 3.05) is 45.6 Å². The first-order chi connectivity index (χ1) is 13.9. The highest BCUT2D eigenvalue weighted by atomic mass is 35.5. The summed E-state index contributed by atoms with van der Waals surface area (Å²) in [7, 11) is -3.21. The zero-order chi connectivity index (χ0) is 21.3. The maximum atomic E-state index is 12.7. The van der Waals surface area contributed by atoms with E-state index in [-0.39, 0.29) is 37.0 Å². The van der Waals surface area contributed by atoms with Gasteiger partial charge in [0.15, 0.2) is 10.8 Å². The van der Waals surface area contributed by atoms with Crippen molar-refractivity contribution in [3.8, 4) is 0 Å². The maximum Gasteiger partial charge on any atom is 0.331 e. The Morgan fingerprint density at radius 2 is 1.86 bits per heavy atom. The second kappa shape index (κ2) is 11.6. The van der Waals surface area contributed by atoms with E-state index in [1.807, 2.05) is 9.47 Å². The molecule has 2 heterocycles. The fraction of sp³-hybridized carbons (Fsp3) is 0.647. The molecule has 0 spiro atoms. The average molecular weight is 448 g/mol. The number of fused-ring (bicyclic) bond motifs is 1. The van der Waals surface area contributed by atoms with Gasteiger partial charge >= 0.3 is 13.6 Å². The van der Waals surface area contributed by atoms with Crippen molar-refractivity contribution in [1.29, 1.82) is 0 Å². The van der Waals surface area contributed by atoms with Gasteiger partial charge in [0.2, 0.25) is 0 Å². The fourth-order valence-corrected chi connectivity index (χ4v) is 4.57. The molecule has 2 aromatic rings. The van der Waals surface area contributed by atoms with Crippen molar-refractivity contribution >= 4 is 36.3 Å². The molecule has 0 unspecified atom stereocenters. The number of hydrogen-bond donors (Lipinski definition) is 0. The van der Waals surface area contributed by atoms with Crippen LogP contribution in [0, 0.1) is 0 Å². The molecule has 0 radical (unpaired) electrons. The van der Waals surface area contributed by atoms with Crippen molar-refractivity contribution in [2.24, 2.45) is 0 Å². The van der Waals surface area contributed by atoms with Crippen molar-refractivity contribution in [1.82, 2.24) is 24.4 Å². The summed E-state index contributed by atoms with van der Waals surface area (Å²) in [5.74, 6) is -0.351. The topological polar surface area (TPSA) is 109 Å². The molecular formula is C17H27ClN5O5P. The van der Waals surface area contributed by atoms with Gasteiger partial charge in [-0.2, -0.15) is 0 Å². The van der Waals surface area contributed by atoms with E-state index in [0.717, 1.165) is 0 Å². The summed E-state index contributed by atoms with van der Waals surface area (Å²) in [4.78, 5) is 26.2. The predicted octanol–water partition coefficient (Wildman–Crippen LogP) is 2.61. The SMILES string of the molecule is CCOC(=O)CN(CCn1cnc2c(Cl)ncnc21)CCP(=O)(OCC)OCC. The highest BCUT2D eigenvalue weighted by molar-refractivity contribution is 7.53. The van der Waals surface area contributed by atoms with Crippen LogP contribution in [0.1, 0.15) is 20.8 Å². The molecule has 0 aliphatic heterocycles. The summed E-state index contributed by atoms with van der Waals surface area (Å²) in [5.41, 5.74) is 1.12. The Morgan fingerprint density at radius 3 is 2.52 bits per heavy atom. The Bertz CT molecular complexity index is 839. The molecule has 2 aromatic heterocycles. The summed E-state index contributed by atoms with van der Waals surface area (Å²) < 4.78 is 30.3. The van der Waals surface area contributed by atoms with Gasteiger partial charge < -0.3 is 18.4 Å². The molecule has 0 aliphatic rings. The summed E-state index contributed by atoms with van der Waals surface area (Å²) in [5, 5.41) is 0.284. The standard InChI is InChI=1S/C17H27ClN5O5P/c1-4-26-14(24)11-22(9-10-29(25,27-5-2)28-6-3)7-8-23-13-21-15-16(18)19-12-20-17(15)23/h12-13H,4-11H2,1-3H3. The minimum Gasteiger partial charge on any atom is -0.465 e. The zero-order valence-electron chi connectivity index (χ0n) is 16.9. The first-order valence-electron chi connectivity index (χ1n) is 9.49. The number of imidazole rings is 1. The van der Waals surface area contributed by atoms with Crippen LogP contribution in [0.3, 0.4) is 0 Å². The van der Waals surface area contributed by atoms with Gasteiger partial charge in [-0.25, -0.2) is 15.0 Å². The van der Waals surface area contributed by atoms with Crippen LogP contribution in [0.5, 0.6) is 0 Å². The molecule has 0 N–H and O–H groups in total. The number of hydrogen-bond acceptors (Lipinski definition) is 9. The number of aromatic nitrogens is 4. The second-order valence-electron chi connectivity index (χ2n) is 6.03. The van der Waals surface area contributed by atoms with E-state index < -0.39 is 7.60 Å². The van der Waals surface area contributed by atoms with E-state index in [0.29, 0.717) is 37.4 Å². The van der Waals surface area contributed by atoms with Gasteiger partial charge in [0.1, 0.15) is 11.8 Å². The Kier molecular flexibility index (Phi) is 9.45. The maximum absolute atomic E-state index is 12.7. The summed E-state index contributed by atoms with van der Waals surface area (Å²) in [6.07, 6.45) is 3.17. The van der Waals surface area contributed by atoms with E-state index in [2.05, 4.69) is 15.0 Å². The van der Waals surface area contributed by atoms with Crippen LogP contribution in [0.25, 0.3) is 11.2 Å². The summed E-state index contributed by atoms with van der Waals surface area (Å²) in [6.45, 7) is 7.53. The Hall–Kier alpha value is -1.58. The Balaban J connectivity index is 2.07. The molecule has 29 heavy (non-hydrogen) atoms. The van der Waals surface area contributed by atoms with Crippen LogP contribution < -0.4 is 0 Å². The van der Waals surface area contributed by atoms with Crippen LogP contribution in [0.2, 0.25) is 5.15 Å². The van der Waals surface area contributed by atoms with E-state index in [9.17, 15) is 9.36 Å². The van der Waals surface area contributed by atoms with Crippen LogP contribution in [0.4, 0.5) is 0 Å². The quantitative estimate of drug-likeness (QED) is 0.260. The molecule has 0 bridgehead atoms. The predicted molar refractivity (Wildman–Crippen MR) is 109 cm³/mol. The van der Waals surface area contributed by atoms with Crippen LogP contribution in [0.15, 0.2) is 12.7 Å². The molecule has 12 heteroatoms. The molecule has 0 atom stereocenters. The molecule has 0 aliphatic carbocycles. The lowest BCUT2D eigenvalue weighted by molar-refractivity contribution is -0.144. The number of ether oxygens (including phenoxy) is 1. The van der Waals surface area contributed by atoms with Gasteiger partial charge in [-0.1, -0.05) is 11.6 Å². The Labute approximate surface area is 175 Å². The number of nitrogens with zero attached hydrogens (tertiary/aromatic N) is 5. The van der Waals surface area contributed by atoms with Crippen molar-refractivity contribution in [3.05, 3.63) is 17.8 Å². The van der Waals surface area contributed by atoms with Crippen molar-refractivity contribution in [2.45, 2.75) is 27.3 Å². The molecule has 10 nitrogen and oxygen atoms in total. The van der Waals surface area contributed by atoms with Gasteiger partial charge in [0.25, 0.3) is 0 Å². The number of carbonyl (C=O) groups excluding carboxylic acids is 1. The van der Waals surface area contributed by atoms with Gasteiger partial charge in [0.05, 0.1) is 38.9 Å². The third-order valence-electron chi connectivity index (χ3n) is 4.01. The molecule has 0 saturated heterocycles. The van der Waals surface area contributed by atoms with Gasteiger partial charge in [-0.3, -0.25) is 14.3 Å². The first kappa shape index (κ1) is 23.7. The molecule has 0 aromatic carbocycles. The summed E-state index contributed by atoms with van der Waals surface area (Å²) in [6, 6.07) is 0.